The third-order valence-corrected chi connectivity index (χ3v) is 5.41. The number of benzene rings is 2. The van der Waals surface area contributed by atoms with Gasteiger partial charge < -0.3 is 4.98 Å². The van der Waals surface area contributed by atoms with Gasteiger partial charge in [0.1, 0.15) is 16.5 Å². The summed E-state index contributed by atoms with van der Waals surface area (Å²) in [6, 6.07) is 16.2. The Morgan fingerprint density at radius 1 is 1.08 bits per heavy atom. The highest BCUT2D eigenvalue weighted by Crippen LogP contribution is 2.35. The molecule has 0 unspecified atom stereocenters. The first-order valence-electron chi connectivity index (χ1n) is 7.94. The molecule has 0 bridgehead atoms. The molecule has 124 valence electrons. The van der Waals surface area contributed by atoms with Gasteiger partial charge in [0.05, 0.1) is 5.39 Å². The van der Waals surface area contributed by atoms with E-state index in [1.807, 2.05) is 37.3 Å². The average Bonchev–Trinajstić information content (AvgIpc) is 2.95. The molecule has 0 aliphatic heterocycles. The van der Waals surface area contributed by atoms with E-state index in [4.69, 9.17) is 0 Å². The lowest BCUT2D eigenvalue weighted by Gasteiger charge is -2.02. The van der Waals surface area contributed by atoms with Crippen molar-refractivity contribution in [1.29, 1.82) is 0 Å². The van der Waals surface area contributed by atoms with Gasteiger partial charge in [-0.05, 0) is 35.7 Å². The van der Waals surface area contributed by atoms with Crippen molar-refractivity contribution in [2.75, 3.05) is 0 Å². The summed E-state index contributed by atoms with van der Waals surface area (Å²) in [6.07, 6.45) is 0.461. The minimum atomic E-state index is -0.276. The number of rotatable bonds is 3. The highest BCUT2D eigenvalue weighted by atomic mass is 32.1. The van der Waals surface area contributed by atoms with E-state index >= 15 is 0 Å². The number of aromatic nitrogens is 2. The first kappa shape index (κ1) is 15.7. The molecule has 0 spiro atoms. The number of aromatic amines is 1. The van der Waals surface area contributed by atoms with Crippen LogP contribution in [0.3, 0.4) is 0 Å². The standard InChI is InChI=1S/C20H15FN2OS/c1-12-17-19(24)22-16(11-13-7-9-15(21)10-8-13)23-20(17)25-18(12)14-5-3-2-4-6-14/h2-10H,11H2,1H3,(H,22,23,24). The second-order valence-electron chi connectivity index (χ2n) is 5.92. The number of hydrogen-bond acceptors (Lipinski definition) is 3. The number of halogens is 1. The molecule has 0 saturated heterocycles. The van der Waals surface area contributed by atoms with Gasteiger partial charge in [0.15, 0.2) is 0 Å². The third-order valence-electron chi connectivity index (χ3n) is 4.17. The van der Waals surface area contributed by atoms with Crippen LogP contribution in [-0.2, 0) is 6.42 Å². The summed E-state index contributed by atoms with van der Waals surface area (Å²) < 4.78 is 13.0. The molecule has 0 amide bonds. The summed E-state index contributed by atoms with van der Waals surface area (Å²) in [5, 5.41) is 0.645. The molecule has 0 fully saturated rings. The lowest BCUT2D eigenvalue weighted by Crippen LogP contribution is -2.11. The molecular weight excluding hydrogens is 335 g/mol. The van der Waals surface area contributed by atoms with Crippen LogP contribution in [0.1, 0.15) is 17.0 Å². The monoisotopic (exact) mass is 350 g/mol. The second kappa shape index (κ2) is 6.26. The molecule has 0 atom stereocenters. The zero-order valence-electron chi connectivity index (χ0n) is 13.5. The van der Waals surface area contributed by atoms with Crippen LogP contribution in [0.2, 0.25) is 0 Å². The minimum absolute atomic E-state index is 0.127. The summed E-state index contributed by atoms with van der Waals surface area (Å²) in [5.74, 6) is 0.312. The van der Waals surface area contributed by atoms with Gasteiger partial charge in [-0.15, -0.1) is 11.3 Å². The van der Waals surface area contributed by atoms with E-state index < -0.39 is 0 Å². The predicted octanol–water partition coefficient (Wildman–Crippen LogP) is 4.69. The number of hydrogen-bond donors (Lipinski definition) is 1. The highest BCUT2D eigenvalue weighted by molar-refractivity contribution is 7.22. The van der Waals surface area contributed by atoms with Crippen LogP contribution >= 0.6 is 11.3 Å². The number of nitrogens with one attached hydrogen (secondary N) is 1. The molecular formula is C20H15FN2OS. The van der Waals surface area contributed by atoms with Gasteiger partial charge in [-0.3, -0.25) is 4.79 Å². The molecule has 1 N–H and O–H groups in total. The molecule has 3 nitrogen and oxygen atoms in total. The molecule has 0 saturated carbocycles. The van der Waals surface area contributed by atoms with Crippen molar-refractivity contribution in [3.8, 4) is 10.4 Å². The largest absolute Gasteiger partial charge is 0.310 e. The van der Waals surface area contributed by atoms with Gasteiger partial charge in [0, 0.05) is 11.3 Å². The molecule has 4 rings (SSSR count). The second-order valence-corrected chi connectivity index (χ2v) is 6.92. The summed E-state index contributed by atoms with van der Waals surface area (Å²) in [7, 11) is 0. The lowest BCUT2D eigenvalue weighted by molar-refractivity contribution is 0.627. The fourth-order valence-electron chi connectivity index (χ4n) is 2.93. The van der Waals surface area contributed by atoms with E-state index in [9.17, 15) is 9.18 Å². The van der Waals surface area contributed by atoms with Crippen LogP contribution in [0.4, 0.5) is 4.39 Å². The Balaban J connectivity index is 1.79. The highest BCUT2D eigenvalue weighted by Gasteiger charge is 2.15. The van der Waals surface area contributed by atoms with Gasteiger partial charge in [-0.25, -0.2) is 9.37 Å². The Bertz CT molecular complexity index is 1100. The average molecular weight is 350 g/mol. The maximum absolute atomic E-state index is 13.0. The van der Waals surface area contributed by atoms with E-state index in [0.717, 1.165) is 26.4 Å². The molecule has 4 aromatic rings. The Labute approximate surface area is 147 Å². The van der Waals surface area contributed by atoms with Crippen LogP contribution in [0.5, 0.6) is 0 Å². The fraction of sp³-hybridized carbons (Fsp3) is 0.100. The predicted molar refractivity (Wildman–Crippen MR) is 99.6 cm³/mol. The SMILES string of the molecule is Cc1c(-c2ccccc2)sc2nc(Cc3ccc(F)cc3)[nH]c(=O)c12. The normalized spacial score (nSPS) is 11.1. The van der Waals surface area contributed by atoms with Gasteiger partial charge in [-0.2, -0.15) is 0 Å². The van der Waals surface area contributed by atoms with E-state index in [0.29, 0.717) is 17.6 Å². The van der Waals surface area contributed by atoms with Crippen LogP contribution in [-0.4, -0.2) is 9.97 Å². The Morgan fingerprint density at radius 2 is 1.80 bits per heavy atom. The van der Waals surface area contributed by atoms with E-state index in [2.05, 4.69) is 9.97 Å². The van der Waals surface area contributed by atoms with E-state index in [1.165, 1.54) is 23.5 Å². The molecule has 2 aromatic heterocycles. The number of thiophene rings is 1. The van der Waals surface area contributed by atoms with Crippen molar-refractivity contribution < 1.29 is 4.39 Å². The molecule has 25 heavy (non-hydrogen) atoms. The number of fused-ring (bicyclic) bond motifs is 1. The van der Waals surface area contributed by atoms with Crippen molar-refractivity contribution in [2.24, 2.45) is 0 Å². The Kier molecular flexibility index (Phi) is 3.93. The lowest BCUT2D eigenvalue weighted by atomic mass is 10.1. The van der Waals surface area contributed by atoms with Crippen LogP contribution in [0, 0.1) is 12.7 Å². The molecule has 2 aromatic carbocycles. The van der Waals surface area contributed by atoms with Crippen molar-refractivity contribution in [2.45, 2.75) is 13.3 Å². The number of aryl methyl sites for hydroxylation is 1. The zero-order chi connectivity index (χ0) is 17.4. The summed E-state index contributed by atoms with van der Waals surface area (Å²) >= 11 is 1.53. The minimum Gasteiger partial charge on any atom is -0.310 e. The van der Waals surface area contributed by atoms with Crippen LogP contribution < -0.4 is 5.56 Å². The topological polar surface area (TPSA) is 45.8 Å². The third kappa shape index (κ3) is 2.98. The Morgan fingerprint density at radius 3 is 2.52 bits per heavy atom. The van der Waals surface area contributed by atoms with E-state index in [-0.39, 0.29) is 11.4 Å². The van der Waals surface area contributed by atoms with Crippen LogP contribution in [0.25, 0.3) is 20.7 Å². The van der Waals surface area contributed by atoms with Crippen molar-refractivity contribution in [1.82, 2.24) is 9.97 Å². The molecule has 5 heteroatoms. The smallest absolute Gasteiger partial charge is 0.259 e. The molecule has 2 heterocycles. The summed E-state index contributed by atoms with van der Waals surface area (Å²) in [6.45, 7) is 1.96. The van der Waals surface area contributed by atoms with Gasteiger partial charge >= 0.3 is 0 Å². The van der Waals surface area contributed by atoms with E-state index in [1.54, 1.807) is 12.1 Å². The maximum atomic E-state index is 13.0. The van der Waals surface area contributed by atoms with Gasteiger partial charge in [0.25, 0.3) is 5.56 Å². The number of H-pyrrole nitrogens is 1. The molecule has 0 aliphatic carbocycles. The molecule has 0 aliphatic rings. The maximum Gasteiger partial charge on any atom is 0.259 e. The van der Waals surface area contributed by atoms with Crippen molar-refractivity contribution in [3.05, 3.63) is 87.7 Å². The van der Waals surface area contributed by atoms with Crippen molar-refractivity contribution >= 4 is 21.6 Å². The fourth-order valence-corrected chi connectivity index (χ4v) is 4.14. The molecule has 0 radical (unpaired) electrons. The number of nitrogens with zero attached hydrogens (tertiary/aromatic N) is 1. The van der Waals surface area contributed by atoms with Gasteiger partial charge in [-0.1, -0.05) is 42.5 Å². The summed E-state index contributed by atoms with van der Waals surface area (Å²) in [4.78, 5) is 21.9. The Hall–Kier alpha value is -2.79. The van der Waals surface area contributed by atoms with Crippen molar-refractivity contribution in [3.63, 3.8) is 0 Å². The van der Waals surface area contributed by atoms with Crippen LogP contribution in [0.15, 0.2) is 59.4 Å². The zero-order valence-corrected chi connectivity index (χ0v) is 14.4. The quantitative estimate of drug-likeness (QED) is 0.583. The van der Waals surface area contributed by atoms with Gasteiger partial charge in [0.2, 0.25) is 0 Å². The first-order valence-corrected chi connectivity index (χ1v) is 8.75. The first-order chi connectivity index (χ1) is 12.1. The summed E-state index contributed by atoms with van der Waals surface area (Å²) in [5.41, 5.74) is 2.81.